The van der Waals surface area contributed by atoms with Crippen molar-refractivity contribution in [3.05, 3.63) is 66.4 Å². The quantitative estimate of drug-likeness (QED) is 0.732. The van der Waals surface area contributed by atoms with Crippen molar-refractivity contribution in [2.45, 2.75) is 0 Å². The van der Waals surface area contributed by atoms with Gasteiger partial charge in [-0.2, -0.15) is 5.26 Å². The number of para-hydroxylation sites is 1. The van der Waals surface area contributed by atoms with E-state index in [9.17, 15) is 13.2 Å². The molecule has 0 bridgehead atoms. The van der Waals surface area contributed by atoms with Crippen LogP contribution in [-0.4, -0.2) is 32.1 Å². The van der Waals surface area contributed by atoms with Crippen molar-refractivity contribution in [1.82, 2.24) is 4.98 Å². The molecule has 0 atom stereocenters. The smallest absolute Gasteiger partial charge is 0.245 e. The Kier molecular flexibility index (Phi) is 5.05. The number of carbonyl (C=O) groups is 1. The number of sulfonamides is 1. The van der Waals surface area contributed by atoms with E-state index in [4.69, 9.17) is 5.26 Å². The van der Waals surface area contributed by atoms with Crippen LogP contribution in [0.4, 0.5) is 11.4 Å². The van der Waals surface area contributed by atoms with E-state index >= 15 is 0 Å². The zero-order valence-electron chi connectivity index (χ0n) is 14.5. The molecular weight excluding hydrogens is 364 g/mol. The molecule has 27 heavy (non-hydrogen) atoms. The highest BCUT2D eigenvalue weighted by Gasteiger charge is 2.21. The van der Waals surface area contributed by atoms with Crippen molar-refractivity contribution < 1.29 is 13.2 Å². The third-order valence-electron chi connectivity index (χ3n) is 3.88. The fourth-order valence-corrected chi connectivity index (χ4v) is 3.48. The molecule has 0 spiro atoms. The lowest BCUT2D eigenvalue weighted by Crippen LogP contribution is -2.37. The normalized spacial score (nSPS) is 11.0. The second-order valence-electron chi connectivity index (χ2n) is 5.86. The number of pyridine rings is 1. The maximum Gasteiger partial charge on any atom is 0.245 e. The lowest BCUT2D eigenvalue weighted by atomic mass is 10.2. The van der Waals surface area contributed by atoms with E-state index in [-0.39, 0.29) is 0 Å². The number of benzene rings is 2. The van der Waals surface area contributed by atoms with Crippen molar-refractivity contribution in [3.8, 4) is 6.07 Å². The third-order valence-corrected chi connectivity index (χ3v) is 5.02. The molecule has 2 aromatic carbocycles. The average Bonchev–Trinajstić information content (AvgIpc) is 2.66. The van der Waals surface area contributed by atoms with E-state index in [1.807, 2.05) is 18.2 Å². The van der Waals surface area contributed by atoms with Gasteiger partial charge in [0.1, 0.15) is 6.54 Å². The fourth-order valence-electron chi connectivity index (χ4n) is 2.63. The van der Waals surface area contributed by atoms with Gasteiger partial charge in [-0.05, 0) is 36.4 Å². The van der Waals surface area contributed by atoms with Gasteiger partial charge in [0.25, 0.3) is 0 Å². The van der Waals surface area contributed by atoms with Gasteiger partial charge in [0.05, 0.1) is 34.8 Å². The second kappa shape index (κ2) is 7.43. The van der Waals surface area contributed by atoms with E-state index in [1.165, 1.54) is 24.3 Å². The summed E-state index contributed by atoms with van der Waals surface area (Å²) in [6.07, 6.45) is 2.65. The van der Waals surface area contributed by atoms with Gasteiger partial charge in [0.2, 0.25) is 15.9 Å². The summed E-state index contributed by atoms with van der Waals surface area (Å²) < 4.78 is 25.3. The number of rotatable bonds is 5. The molecule has 1 amide bonds. The maximum absolute atomic E-state index is 12.5. The third kappa shape index (κ3) is 4.22. The Morgan fingerprint density at radius 3 is 2.52 bits per heavy atom. The molecule has 8 heteroatoms. The van der Waals surface area contributed by atoms with Crippen LogP contribution in [0.3, 0.4) is 0 Å². The zero-order valence-corrected chi connectivity index (χ0v) is 15.3. The fraction of sp³-hybridized carbons (Fsp3) is 0.105. The Bertz CT molecular complexity index is 1130. The molecule has 0 aliphatic heterocycles. The number of hydrogen-bond acceptors (Lipinski definition) is 5. The molecule has 3 rings (SSSR count). The van der Waals surface area contributed by atoms with Gasteiger partial charge in [0, 0.05) is 11.6 Å². The van der Waals surface area contributed by atoms with Crippen LogP contribution in [-0.2, 0) is 14.8 Å². The van der Waals surface area contributed by atoms with Crippen molar-refractivity contribution >= 4 is 38.2 Å². The first kappa shape index (κ1) is 18.4. The molecule has 1 N–H and O–H groups in total. The van der Waals surface area contributed by atoms with Crippen LogP contribution in [0, 0.1) is 11.3 Å². The molecule has 0 fully saturated rings. The minimum atomic E-state index is -3.69. The highest BCUT2D eigenvalue weighted by atomic mass is 32.2. The molecule has 0 unspecified atom stereocenters. The monoisotopic (exact) mass is 380 g/mol. The Hall–Kier alpha value is -3.44. The summed E-state index contributed by atoms with van der Waals surface area (Å²) in [4.78, 5) is 16.8. The largest absolute Gasteiger partial charge is 0.323 e. The minimum Gasteiger partial charge on any atom is -0.323 e. The Labute approximate surface area is 156 Å². The van der Waals surface area contributed by atoms with Crippen molar-refractivity contribution in [2.24, 2.45) is 0 Å². The number of amides is 1. The molecule has 3 aromatic rings. The molecule has 0 radical (unpaired) electrons. The highest BCUT2D eigenvalue weighted by Crippen LogP contribution is 2.22. The van der Waals surface area contributed by atoms with Crippen LogP contribution >= 0.6 is 0 Å². The molecule has 1 aromatic heterocycles. The van der Waals surface area contributed by atoms with Gasteiger partial charge in [-0.1, -0.05) is 18.2 Å². The molecule has 7 nitrogen and oxygen atoms in total. The molecule has 1 heterocycles. The van der Waals surface area contributed by atoms with E-state index in [0.29, 0.717) is 22.5 Å². The summed E-state index contributed by atoms with van der Waals surface area (Å²) >= 11 is 0. The van der Waals surface area contributed by atoms with Gasteiger partial charge in [0.15, 0.2) is 0 Å². The van der Waals surface area contributed by atoms with Crippen LogP contribution in [0.25, 0.3) is 10.9 Å². The SMILES string of the molecule is CS(=O)(=O)N(CC(=O)Nc1cccc2cccnc12)c1ccc(C#N)cc1. The van der Waals surface area contributed by atoms with Crippen LogP contribution in [0.1, 0.15) is 5.56 Å². The standard InChI is InChI=1S/C19H16N4O3S/c1-27(25,26)23(16-9-7-14(12-20)8-10-16)13-18(24)22-17-6-2-4-15-5-3-11-21-19(15)17/h2-11H,13H2,1H3,(H,22,24). The predicted octanol–water partition coefficient (Wildman–Crippen LogP) is 2.51. The maximum atomic E-state index is 12.5. The second-order valence-corrected chi connectivity index (χ2v) is 7.76. The number of nitriles is 1. The van der Waals surface area contributed by atoms with E-state index in [2.05, 4.69) is 10.3 Å². The number of hydrogen-bond donors (Lipinski definition) is 1. The minimum absolute atomic E-state index is 0.308. The number of fused-ring (bicyclic) bond motifs is 1. The van der Waals surface area contributed by atoms with Gasteiger partial charge >= 0.3 is 0 Å². The van der Waals surface area contributed by atoms with Crippen LogP contribution in [0.15, 0.2) is 60.8 Å². The Morgan fingerprint density at radius 1 is 1.15 bits per heavy atom. The van der Waals surface area contributed by atoms with Crippen molar-refractivity contribution in [2.75, 3.05) is 22.4 Å². The predicted molar refractivity (Wildman–Crippen MR) is 104 cm³/mol. The summed E-state index contributed by atoms with van der Waals surface area (Å²) in [5.74, 6) is -0.497. The molecule has 0 saturated carbocycles. The molecular formula is C19H16N4O3S. The van der Waals surface area contributed by atoms with E-state index in [1.54, 1.807) is 24.4 Å². The zero-order chi connectivity index (χ0) is 19.4. The molecule has 0 saturated heterocycles. The average molecular weight is 380 g/mol. The van der Waals surface area contributed by atoms with Crippen molar-refractivity contribution in [3.63, 3.8) is 0 Å². The van der Waals surface area contributed by atoms with Gasteiger partial charge < -0.3 is 5.32 Å². The first-order valence-electron chi connectivity index (χ1n) is 8.00. The number of carbonyl (C=O) groups excluding carboxylic acids is 1. The number of nitrogens with one attached hydrogen (secondary N) is 1. The van der Waals surface area contributed by atoms with Crippen molar-refractivity contribution in [1.29, 1.82) is 5.26 Å². The number of nitrogens with zero attached hydrogens (tertiary/aromatic N) is 3. The molecule has 0 aliphatic rings. The first-order valence-corrected chi connectivity index (χ1v) is 9.85. The number of aromatic nitrogens is 1. The lowest BCUT2D eigenvalue weighted by molar-refractivity contribution is -0.114. The lowest BCUT2D eigenvalue weighted by Gasteiger charge is -2.22. The summed E-state index contributed by atoms with van der Waals surface area (Å²) in [6.45, 7) is -0.395. The van der Waals surface area contributed by atoms with Crippen LogP contribution in [0.5, 0.6) is 0 Å². The van der Waals surface area contributed by atoms with E-state index in [0.717, 1.165) is 15.9 Å². The van der Waals surface area contributed by atoms with E-state index < -0.39 is 22.5 Å². The first-order chi connectivity index (χ1) is 12.9. The summed E-state index contributed by atoms with van der Waals surface area (Å²) in [5.41, 5.74) is 1.84. The summed E-state index contributed by atoms with van der Waals surface area (Å²) in [5, 5.41) is 12.5. The number of anilines is 2. The Morgan fingerprint density at radius 2 is 1.85 bits per heavy atom. The van der Waals surface area contributed by atoms with Crippen LogP contribution in [0.2, 0.25) is 0 Å². The molecule has 0 aliphatic carbocycles. The Balaban J connectivity index is 1.85. The van der Waals surface area contributed by atoms with Crippen LogP contribution < -0.4 is 9.62 Å². The van der Waals surface area contributed by atoms with Gasteiger partial charge in [-0.3, -0.25) is 14.1 Å². The van der Waals surface area contributed by atoms with Gasteiger partial charge in [-0.25, -0.2) is 8.42 Å². The summed E-state index contributed by atoms with van der Waals surface area (Å²) in [6, 6.07) is 17.0. The topological polar surface area (TPSA) is 103 Å². The van der Waals surface area contributed by atoms with Gasteiger partial charge in [-0.15, -0.1) is 0 Å². The highest BCUT2D eigenvalue weighted by molar-refractivity contribution is 7.92. The molecule has 136 valence electrons. The summed E-state index contributed by atoms with van der Waals surface area (Å²) in [7, 11) is -3.69.